The molecule has 0 fully saturated rings. The summed E-state index contributed by atoms with van der Waals surface area (Å²) in [7, 11) is 1.65. The lowest BCUT2D eigenvalue weighted by Gasteiger charge is -2.21. The Morgan fingerprint density at radius 2 is 1.69 bits per heavy atom. The fraction of sp³-hybridized carbons (Fsp3) is 0.621. The van der Waals surface area contributed by atoms with E-state index >= 15 is 0 Å². The monoisotopic (exact) mass is 441 g/mol. The van der Waals surface area contributed by atoms with Gasteiger partial charge >= 0.3 is 0 Å². The minimum absolute atomic E-state index is 0.247. The first-order valence-corrected chi connectivity index (χ1v) is 12.5. The van der Waals surface area contributed by atoms with E-state index < -0.39 is 0 Å². The van der Waals surface area contributed by atoms with Crippen LogP contribution in [0.25, 0.3) is 0 Å². The quantitative estimate of drug-likeness (QED) is 0.181. The highest BCUT2D eigenvalue weighted by atomic mass is 16.5. The van der Waals surface area contributed by atoms with E-state index in [2.05, 4.69) is 51.3 Å². The van der Waals surface area contributed by atoms with Gasteiger partial charge in [0.25, 0.3) is 0 Å². The Balaban J connectivity index is 2.51. The molecule has 3 nitrogen and oxygen atoms in total. The van der Waals surface area contributed by atoms with Gasteiger partial charge in [0.2, 0.25) is 0 Å². The summed E-state index contributed by atoms with van der Waals surface area (Å²) in [5.74, 6) is 0.247. The third-order valence-corrected chi connectivity index (χ3v) is 6.12. The van der Waals surface area contributed by atoms with Gasteiger partial charge < -0.3 is 9.64 Å². The summed E-state index contributed by atoms with van der Waals surface area (Å²) in [5, 5.41) is 0. The highest BCUT2D eigenvalue weighted by Gasteiger charge is 2.22. The van der Waals surface area contributed by atoms with Crippen molar-refractivity contribution in [3.8, 4) is 0 Å². The Labute approximate surface area is 198 Å². The van der Waals surface area contributed by atoms with Crippen LogP contribution in [-0.4, -0.2) is 37.4 Å². The van der Waals surface area contributed by atoms with Gasteiger partial charge in [-0.3, -0.25) is 4.79 Å². The summed E-state index contributed by atoms with van der Waals surface area (Å²) >= 11 is 0. The molecule has 1 aliphatic carbocycles. The first-order chi connectivity index (χ1) is 15.3. The second-order valence-corrected chi connectivity index (χ2v) is 9.29. The average Bonchev–Trinajstić information content (AvgIpc) is 3.11. The molecule has 0 atom stereocenters. The number of carbonyl (C=O) groups is 1. The van der Waals surface area contributed by atoms with Crippen molar-refractivity contribution >= 4 is 5.78 Å². The van der Waals surface area contributed by atoms with Crippen LogP contribution in [0.3, 0.4) is 0 Å². The van der Waals surface area contributed by atoms with E-state index in [1.807, 2.05) is 6.92 Å². The van der Waals surface area contributed by atoms with Crippen LogP contribution in [0.15, 0.2) is 58.4 Å². The second-order valence-electron chi connectivity index (χ2n) is 9.29. The SMILES string of the molecule is C=C(CCCN(CCC)CCC)CC/C(C)=C/C/C(C)=C/C1=C(C(/C)=C/OC)CCC1=O. The Morgan fingerprint density at radius 3 is 2.31 bits per heavy atom. The zero-order valence-corrected chi connectivity index (χ0v) is 21.7. The van der Waals surface area contributed by atoms with Gasteiger partial charge in [-0.05, 0) is 103 Å². The zero-order valence-electron chi connectivity index (χ0n) is 21.7. The molecule has 0 N–H and O–H groups in total. The molecule has 0 heterocycles. The predicted molar refractivity (Wildman–Crippen MR) is 139 cm³/mol. The molecule has 32 heavy (non-hydrogen) atoms. The van der Waals surface area contributed by atoms with Crippen LogP contribution < -0.4 is 0 Å². The smallest absolute Gasteiger partial charge is 0.163 e. The van der Waals surface area contributed by atoms with Crippen molar-refractivity contribution < 1.29 is 9.53 Å². The largest absolute Gasteiger partial charge is 0.504 e. The molecule has 0 saturated carbocycles. The Morgan fingerprint density at radius 1 is 1.00 bits per heavy atom. The van der Waals surface area contributed by atoms with Gasteiger partial charge in [-0.25, -0.2) is 0 Å². The number of hydrogen-bond donors (Lipinski definition) is 0. The van der Waals surface area contributed by atoms with Gasteiger partial charge in [-0.2, -0.15) is 0 Å². The highest BCUT2D eigenvalue weighted by molar-refractivity contribution is 6.02. The number of ketones is 1. The molecule has 0 radical (unpaired) electrons. The normalized spacial score (nSPS) is 15.8. The van der Waals surface area contributed by atoms with Crippen LogP contribution in [0, 0.1) is 0 Å². The molecule has 0 unspecified atom stereocenters. The van der Waals surface area contributed by atoms with Gasteiger partial charge in [0.15, 0.2) is 5.78 Å². The third kappa shape index (κ3) is 10.6. The minimum atomic E-state index is 0.247. The van der Waals surface area contributed by atoms with Crippen LogP contribution in [0.5, 0.6) is 0 Å². The molecule has 0 bridgehead atoms. The number of methoxy groups -OCH3 is 1. The van der Waals surface area contributed by atoms with E-state index in [9.17, 15) is 4.79 Å². The standard InChI is InChI=1S/C29H47NO2/c1-8-18-30(19-9-2)20-10-11-23(3)12-13-24(4)14-15-25(5)21-28-27(16-17-29(28)31)26(6)22-32-7/h14,21-22H,3,8-13,15-20H2,1-2,4-7H3/b24-14+,25-21+,26-22+. The fourth-order valence-corrected chi connectivity index (χ4v) is 4.26. The molecule has 0 aromatic carbocycles. The predicted octanol–water partition coefficient (Wildman–Crippen LogP) is 7.72. The average molecular weight is 442 g/mol. The molecule has 0 amide bonds. The van der Waals surface area contributed by atoms with Crippen molar-refractivity contribution in [1.29, 1.82) is 0 Å². The summed E-state index contributed by atoms with van der Waals surface area (Å²) in [4.78, 5) is 14.9. The first kappa shape index (κ1) is 28.2. The van der Waals surface area contributed by atoms with Crippen LogP contribution in [-0.2, 0) is 9.53 Å². The maximum absolute atomic E-state index is 12.3. The lowest BCUT2D eigenvalue weighted by molar-refractivity contribution is -0.114. The summed E-state index contributed by atoms with van der Waals surface area (Å²) < 4.78 is 5.14. The highest BCUT2D eigenvalue weighted by Crippen LogP contribution is 2.30. The fourth-order valence-electron chi connectivity index (χ4n) is 4.26. The zero-order chi connectivity index (χ0) is 23.9. The van der Waals surface area contributed by atoms with E-state index in [0.717, 1.165) is 48.8 Å². The molecule has 0 spiro atoms. The van der Waals surface area contributed by atoms with E-state index in [0.29, 0.717) is 6.42 Å². The van der Waals surface area contributed by atoms with Crippen molar-refractivity contribution in [3.63, 3.8) is 0 Å². The van der Waals surface area contributed by atoms with E-state index in [-0.39, 0.29) is 5.78 Å². The number of hydrogen-bond acceptors (Lipinski definition) is 3. The molecule has 1 rings (SSSR count). The molecule has 0 saturated heterocycles. The lowest BCUT2D eigenvalue weighted by atomic mass is 9.99. The molecule has 3 heteroatoms. The van der Waals surface area contributed by atoms with Crippen molar-refractivity contribution in [2.75, 3.05) is 26.7 Å². The molecule has 180 valence electrons. The van der Waals surface area contributed by atoms with E-state index in [1.165, 1.54) is 55.6 Å². The van der Waals surface area contributed by atoms with Crippen molar-refractivity contribution in [2.45, 2.75) is 92.4 Å². The molecule has 0 aromatic rings. The maximum Gasteiger partial charge on any atom is 0.163 e. The Bertz CT molecular complexity index is 730. The molecular weight excluding hydrogens is 394 g/mol. The summed E-state index contributed by atoms with van der Waals surface area (Å²) in [6, 6.07) is 0. The maximum atomic E-state index is 12.3. The molecule has 0 aromatic heterocycles. The second kappa shape index (κ2) is 15.9. The van der Waals surface area contributed by atoms with Crippen LogP contribution in [0.2, 0.25) is 0 Å². The first-order valence-electron chi connectivity index (χ1n) is 12.5. The van der Waals surface area contributed by atoms with Gasteiger partial charge in [0, 0.05) is 12.0 Å². The Kier molecular flexibility index (Phi) is 14.0. The van der Waals surface area contributed by atoms with Gasteiger partial charge in [-0.1, -0.05) is 49.3 Å². The van der Waals surface area contributed by atoms with Gasteiger partial charge in [0.05, 0.1) is 13.4 Å². The summed E-state index contributed by atoms with van der Waals surface area (Å²) in [6.45, 7) is 18.8. The van der Waals surface area contributed by atoms with E-state index in [4.69, 9.17) is 4.74 Å². The van der Waals surface area contributed by atoms with Crippen molar-refractivity contribution in [1.82, 2.24) is 4.90 Å². The Hall–Kier alpha value is -1.87. The number of nitrogens with zero attached hydrogens (tertiary/aromatic N) is 1. The minimum Gasteiger partial charge on any atom is -0.504 e. The van der Waals surface area contributed by atoms with Crippen molar-refractivity contribution in [2.24, 2.45) is 0 Å². The third-order valence-electron chi connectivity index (χ3n) is 6.12. The van der Waals surface area contributed by atoms with Gasteiger partial charge in [0.1, 0.15) is 0 Å². The van der Waals surface area contributed by atoms with Crippen LogP contribution in [0.1, 0.15) is 92.4 Å². The molecule has 0 aliphatic heterocycles. The van der Waals surface area contributed by atoms with E-state index in [1.54, 1.807) is 13.4 Å². The number of ether oxygens (including phenoxy) is 1. The van der Waals surface area contributed by atoms with Crippen LogP contribution >= 0.6 is 0 Å². The molecule has 1 aliphatic rings. The van der Waals surface area contributed by atoms with Crippen molar-refractivity contribution in [3.05, 3.63) is 58.4 Å². The number of Topliss-reactive ketones (excluding diaryl/α,β-unsaturated/α-hetero) is 1. The topological polar surface area (TPSA) is 29.5 Å². The summed E-state index contributed by atoms with van der Waals surface area (Å²) in [6.07, 6.45) is 15.4. The summed E-state index contributed by atoms with van der Waals surface area (Å²) in [5.41, 5.74) is 7.04. The number of allylic oxidation sites excluding steroid dienone is 8. The van der Waals surface area contributed by atoms with Gasteiger partial charge in [-0.15, -0.1) is 0 Å². The lowest BCUT2D eigenvalue weighted by Crippen LogP contribution is -2.26. The number of rotatable bonds is 16. The molecular formula is C29H47NO2. The van der Waals surface area contributed by atoms with Crippen LogP contribution in [0.4, 0.5) is 0 Å². The number of carbonyl (C=O) groups excluding carboxylic acids is 1.